The number of ketones is 2. The Labute approximate surface area is 99.2 Å². The van der Waals surface area contributed by atoms with Gasteiger partial charge in [0, 0.05) is 11.6 Å². The van der Waals surface area contributed by atoms with Crippen LogP contribution in [0, 0.1) is 5.41 Å². The van der Waals surface area contributed by atoms with Crippen LogP contribution in [0.4, 0.5) is 0 Å². The molecule has 1 aliphatic rings. The van der Waals surface area contributed by atoms with Crippen LogP contribution in [0.1, 0.15) is 20.8 Å². The van der Waals surface area contributed by atoms with Gasteiger partial charge in [0.15, 0.2) is 5.78 Å². The molecule has 0 radical (unpaired) electrons. The number of carboxylic acids is 1. The van der Waals surface area contributed by atoms with Gasteiger partial charge in [-0.2, -0.15) is 0 Å². The summed E-state index contributed by atoms with van der Waals surface area (Å²) in [4.78, 5) is 33.8. The van der Waals surface area contributed by atoms with Crippen LogP contribution in [0.3, 0.4) is 0 Å². The molecule has 0 spiro atoms. The van der Waals surface area contributed by atoms with Crippen molar-refractivity contribution >= 4 is 17.5 Å². The Balaban J connectivity index is 2.88. The summed E-state index contributed by atoms with van der Waals surface area (Å²) >= 11 is 0. The Morgan fingerprint density at radius 1 is 1.24 bits per heavy atom. The number of carboxylic acid groups (broad SMARTS) is 1. The number of nitrogens with one attached hydrogen (secondary N) is 1. The molecule has 92 valence electrons. The molecule has 0 saturated carbocycles. The maximum Gasteiger partial charge on any atom is 0.322 e. The molecule has 5 heteroatoms. The molecule has 0 heterocycles. The van der Waals surface area contributed by atoms with Gasteiger partial charge >= 0.3 is 5.97 Å². The fourth-order valence-corrected chi connectivity index (χ4v) is 1.46. The van der Waals surface area contributed by atoms with E-state index in [0.29, 0.717) is 5.57 Å². The largest absolute Gasteiger partial charge is 0.480 e. The monoisotopic (exact) mass is 237 g/mol. The molecule has 0 saturated heterocycles. The first-order valence-corrected chi connectivity index (χ1v) is 5.20. The van der Waals surface area contributed by atoms with Crippen LogP contribution in [-0.4, -0.2) is 29.2 Å². The number of aliphatic carboxylic acids is 1. The molecule has 0 unspecified atom stereocenters. The van der Waals surface area contributed by atoms with E-state index in [4.69, 9.17) is 5.11 Å². The van der Waals surface area contributed by atoms with Crippen LogP contribution in [-0.2, 0) is 14.4 Å². The maximum absolute atomic E-state index is 11.8. The average Bonchev–Trinajstić information content (AvgIpc) is 2.17. The minimum absolute atomic E-state index is 0.0328. The molecular weight excluding hydrogens is 222 g/mol. The van der Waals surface area contributed by atoms with Crippen LogP contribution >= 0.6 is 0 Å². The first-order valence-electron chi connectivity index (χ1n) is 5.20. The fourth-order valence-electron chi connectivity index (χ4n) is 1.46. The Morgan fingerprint density at radius 2 is 1.82 bits per heavy atom. The Bertz CT molecular complexity index is 438. The predicted octanol–water partition coefficient (Wildman–Crippen LogP) is 0.669. The highest BCUT2D eigenvalue weighted by molar-refractivity contribution is 6.20. The van der Waals surface area contributed by atoms with E-state index < -0.39 is 11.4 Å². The molecule has 0 amide bonds. The minimum Gasteiger partial charge on any atom is -0.480 e. The van der Waals surface area contributed by atoms with Gasteiger partial charge in [0.1, 0.15) is 6.54 Å². The summed E-state index contributed by atoms with van der Waals surface area (Å²) in [5, 5.41) is 10.9. The molecule has 0 bridgehead atoms. The van der Waals surface area contributed by atoms with Gasteiger partial charge in [0.2, 0.25) is 5.78 Å². The van der Waals surface area contributed by atoms with Gasteiger partial charge < -0.3 is 10.4 Å². The molecule has 5 nitrogen and oxygen atoms in total. The van der Waals surface area contributed by atoms with Crippen molar-refractivity contribution in [2.75, 3.05) is 6.54 Å². The smallest absolute Gasteiger partial charge is 0.322 e. The minimum atomic E-state index is -1.09. The van der Waals surface area contributed by atoms with Gasteiger partial charge in [-0.3, -0.25) is 14.4 Å². The van der Waals surface area contributed by atoms with Crippen molar-refractivity contribution < 1.29 is 19.5 Å². The molecule has 2 N–H and O–H groups in total. The third-order valence-electron chi connectivity index (χ3n) is 2.32. The lowest BCUT2D eigenvalue weighted by Crippen LogP contribution is -2.31. The third kappa shape index (κ3) is 3.27. The van der Waals surface area contributed by atoms with Crippen LogP contribution in [0.5, 0.6) is 0 Å². The van der Waals surface area contributed by atoms with Gasteiger partial charge in [-0.15, -0.1) is 0 Å². The molecule has 0 fully saturated rings. The van der Waals surface area contributed by atoms with Gasteiger partial charge in [-0.25, -0.2) is 0 Å². The van der Waals surface area contributed by atoms with Gasteiger partial charge in [0.05, 0.1) is 5.70 Å². The zero-order chi connectivity index (χ0) is 13.2. The lowest BCUT2D eigenvalue weighted by Gasteiger charge is -2.23. The van der Waals surface area contributed by atoms with Crippen LogP contribution < -0.4 is 5.32 Å². The summed E-state index contributed by atoms with van der Waals surface area (Å²) in [6, 6.07) is 0. The average molecular weight is 237 g/mol. The summed E-state index contributed by atoms with van der Waals surface area (Å²) in [5.41, 5.74) is 0.0652. The van der Waals surface area contributed by atoms with E-state index in [2.05, 4.69) is 5.32 Å². The van der Waals surface area contributed by atoms with Gasteiger partial charge in [0.25, 0.3) is 0 Å². The summed E-state index contributed by atoms with van der Waals surface area (Å²) in [6.45, 7) is 5.14. The van der Waals surface area contributed by atoms with E-state index in [0.717, 1.165) is 6.08 Å². The van der Waals surface area contributed by atoms with Crippen molar-refractivity contribution in [3.05, 3.63) is 23.4 Å². The van der Waals surface area contributed by atoms with Crippen molar-refractivity contribution in [3.8, 4) is 0 Å². The number of hydrogen-bond donors (Lipinski definition) is 2. The lowest BCUT2D eigenvalue weighted by molar-refractivity contribution is -0.135. The van der Waals surface area contributed by atoms with E-state index in [-0.39, 0.29) is 23.8 Å². The third-order valence-corrected chi connectivity index (χ3v) is 2.32. The highest BCUT2D eigenvalue weighted by Crippen LogP contribution is 2.28. The summed E-state index contributed by atoms with van der Waals surface area (Å²) in [7, 11) is 0. The predicted molar refractivity (Wildman–Crippen MR) is 61.3 cm³/mol. The van der Waals surface area contributed by atoms with Crippen molar-refractivity contribution in [1.82, 2.24) is 5.32 Å². The molecular formula is C12H15NO4. The Hall–Kier alpha value is -1.91. The molecule has 0 aromatic rings. The first-order chi connectivity index (χ1) is 7.71. The van der Waals surface area contributed by atoms with Gasteiger partial charge in [-0.05, 0) is 11.5 Å². The fraction of sp³-hybridized carbons (Fsp3) is 0.417. The van der Waals surface area contributed by atoms with Crippen LogP contribution in [0.15, 0.2) is 23.4 Å². The molecule has 0 aromatic heterocycles. The summed E-state index contributed by atoms with van der Waals surface area (Å²) < 4.78 is 0. The number of hydrogen-bond acceptors (Lipinski definition) is 4. The summed E-state index contributed by atoms with van der Waals surface area (Å²) in [5.74, 6) is -1.71. The maximum atomic E-state index is 11.8. The second-order valence-electron chi connectivity index (χ2n) is 4.84. The normalized spacial score (nSPS) is 16.4. The zero-order valence-corrected chi connectivity index (χ0v) is 10.0. The topological polar surface area (TPSA) is 83.5 Å². The second kappa shape index (κ2) is 4.53. The van der Waals surface area contributed by atoms with E-state index in [9.17, 15) is 14.4 Å². The zero-order valence-electron chi connectivity index (χ0n) is 10.0. The summed E-state index contributed by atoms with van der Waals surface area (Å²) in [6.07, 6.45) is 2.43. The molecule has 0 aromatic carbocycles. The number of carbonyl (C=O) groups is 3. The molecule has 17 heavy (non-hydrogen) atoms. The van der Waals surface area contributed by atoms with Crippen molar-refractivity contribution in [1.29, 1.82) is 0 Å². The number of allylic oxidation sites excluding steroid dienone is 3. The first kappa shape index (κ1) is 13.2. The molecule has 1 rings (SSSR count). The number of rotatable bonds is 3. The highest BCUT2D eigenvalue weighted by atomic mass is 16.4. The van der Waals surface area contributed by atoms with Crippen LogP contribution in [0.2, 0.25) is 0 Å². The lowest BCUT2D eigenvalue weighted by atomic mass is 9.81. The second-order valence-corrected chi connectivity index (χ2v) is 4.84. The molecule has 0 atom stereocenters. The van der Waals surface area contributed by atoms with E-state index >= 15 is 0 Å². The number of carbonyl (C=O) groups excluding carboxylic acids is 2. The SMILES string of the molecule is CC(C)(C)C1=CC(=O)C(NCC(=O)O)=CC1=O. The standard InChI is InChI=1S/C12H15NO4/c1-12(2,3)7-4-10(15)8(5-9(7)14)13-6-11(16)17/h4-5,13H,6H2,1-3H3,(H,16,17). The van der Waals surface area contributed by atoms with E-state index in [1.807, 2.05) is 20.8 Å². The Kier molecular flexibility index (Phi) is 3.50. The van der Waals surface area contributed by atoms with E-state index in [1.54, 1.807) is 0 Å². The quantitative estimate of drug-likeness (QED) is 0.705. The van der Waals surface area contributed by atoms with Crippen molar-refractivity contribution in [2.24, 2.45) is 5.41 Å². The van der Waals surface area contributed by atoms with Crippen molar-refractivity contribution in [2.45, 2.75) is 20.8 Å². The van der Waals surface area contributed by atoms with E-state index in [1.165, 1.54) is 6.08 Å². The highest BCUT2D eigenvalue weighted by Gasteiger charge is 2.28. The molecule has 1 aliphatic carbocycles. The van der Waals surface area contributed by atoms with Gasteiger partial charge in [-0.1, -0.05) is 20.8 Å². The van der Waals surface area contributed by atoms with Crippen molar-refractivity contribution in [3.63, 3.8) is 0 Å². The molecule has 0 aliphatic heterocycles. The van der Waals surface area contributed by atoms with Crippen LogP contribution in [0.25, 0.3) is 0 Å². The Morgan fingerprint density at radius 3 is 2.29 bits per heavy atom.